The molecule has 2 heterocycles. The summed E-state index contributed by atoms with van der Waals surface area (Å²) >= 11 is 5.48. The largest absolute Gasteiger partial charge is 0.494 e. The van der Waals surface area contributed by atoms with Gasteiger partial charge in [0.05, 0.1) is 12.2 Å². The third-order valence-electron chi connectivity index (χ3n) is 4.38. The van der Waals surface area contributed by atoms with Crippen LogP contribution < -0.4 is 15.0 Å². The number of piperazine rings is 1. The number of pyridine rings is 1. The lowest BCUT2D eigenvalue weighted by atomic mass is 10.2. The number of hydrogen-bond donors (Lipinski definition) is 1. The molecule has 1 aliphatic heterocycles. The maximum atomic E-state index is 12.7. The van der Waals surface area contributed by atoms with E-state index in [4.69, 9.17) is 17.0 Å². The number of aromatic nitrogens is 1. The number of ether oxygens (including phenoxy) is 1. The van der Waals surface area contributed by atoms with Crippen molar-refractivity contribution in [3.63, 3.8) is 0 Å². The molecule has 0 radical (unpaired) electrons. The summed E-state index contributed by atoms with van der Waals surface area (Å²) in [6, 6.07) is 10.0. The van der Waals surface area contributed by atoms with Crippen LogP contribution in [-0.4, -0.2) is 47.8 Å². The Bertz CT molecular complexity index is 788. The van der Waals surface area contributed by atoms with E-state index < -0.39 is 11.7 Å². The van der Waals surface area contributed by atoms with Crippen molar-refractivity contribution in [2.75, 3.05) is 43.0 Å². The molecule has 0 atom stereocenters. The molecular weight excluding hydrogens is 389 g/mol. The zero-order chi connectivity index (χ0) is 20.1. The van der Waals surface area contributed by atoms with Gasteiger partial charge in [-0.3, -0.25) is 0 Å². The predicted molar refractivity (Wildman–Crippen MR) is 107 cm³/mol. The molecule has 1 saturated heterocycles. The summed E-state index contributed by atoms with van der Waals surface area (Å²) in [5.74, 6) is 1.34. The lowest BCUT2D eigenvalue weighted by Crippen LogP contribution is -2.50. The van der Waals surface area contributed by atoms with Gasteiger partial charge >= 0.3 is 6.18 Å². The maximum absolute atomic E-state index is 12.7. The zero-order valence-electron chi connectivity index (χ0n) is 15.4. The van der Waals surface area contributed by atoms with Crippen LogP contribution in [0.1, 0.15) is 12.5 Å². The van der Waals surface area contributed by atoms with Crippen molar-refractivity contribution in [3.8, 4) is 5.75 Å². The first-order chi connectivity index (χ1) is 13.4. The molecule has 0 spiro atoms. The molecule has 9 heteroatoms. The number of benzene rings is 1. The highest BCUT2D eigenvalue weighted by Gasteiger charge is 2.31. The van der Waals surface area contributed by atoms with Gasteiger partial charge in [0.1, 0.15) is 11.6 Å². The van der Waals surface area contributed by atoms with Crippen LogP contribution in [-0.2, 0) is 6.18 Å². The fourth-order valence-corrected chi connectivity index (χ4v) is 3.18. The molecule has 0 saturated carbocycles. The molecule has 28 heavy (non-hydrogen) atoms. The van der Waals surface area contributed by atoms with Crippen molar-refractivity contribution in [2.24, 2.45) is 0 Å². The summed E-state index contributed by atoms with van der Waals surface area (Å²) in [6.07, 6.45) is -3.50. The van der Waals surface area contributed by atoms with E-state index in [0.717, 1.165) is 23.7 Å². The van der Waals surface area contributed by atoms with E-state index in [1.54, 1.807) is 0 Å². The Labute approximate surface area is 167 Å². The van der Waals surface area contributed by atoms with Crippen molar-refractivity contribution in [1.29, 1.82) is 0 Å². The van der Waals surface area contributed by atoms with E-state index in [0.29, 0.717) is 43.7 Å². The summed E-state index contributed by atoms with van der Waals surface area (Å²) < 4.78 is 43.4. The number of hydrogen-bond acceptors (Lipinski definition) is 4. The second kappa shape index (κ2) is 8.64. The van der Waals surface area contributed by atoms with Gasteiger partial charge in [0.2, 0.25) is 0 Å². The van der Waals surface area contributed by atoms with E-state index in [9.17, 15) is 13.2 Å². The fourth-order valence-electron chi connectivity index (χ4n) is 2.88. The zero-order valence-corrected chi connectivity index (χ0v) is 16.2. The predicted octanol–water partition coefficient (Wildman–Crippen LogP) is 4.02. The molecule has 0 amide bonds. The highest BCUT2D eigenvalue weighted by molar-refractivity contribution is 7.80. The van der Waals surface area contributed by atoms with Crippen molar-refractivity contribution in [1.82, 2.24) is 9.88 Å². The van der Waals surface area contributed by atoms with Crippen LogP contribution in [0.25, 0.3) is 0 Å². The molecule has 0 bridgehead atoms. The number of anilines is 2. The second-order valence-electron chi connectivity index (χ2n) is 6.26. The number of alkyl halides is 3. The number of nitrogens with zero attached hydrogens (tertiary/aromatic N) is 3. The molecule has 1 aromatic heterocycles. The smallest absolute Gasteiger partial charge is 0.417 e. The Balaban J connectivity index is 1.52. The van der Waals surface area contributed by atoms with Crippen LogP contribution in [0.5, 0.6) is 5.75 Å². The Morgan fingerprint density at radius 1 is 1.11 bits per heavy atom. The Kier molecular flexibility index (Phi) is 6.23. The third-order valence-corrected chi connectivity index (χ3v) is 4.74. The van der Waals surface area contributed by atoms with E-state index in [2.05, 4.69) is 10.3 Å². The Morgan fingerprint density at radius 3 is 2.32 bits per heavy atom. The van der Waals surface area contributed by atoms with Crippen LogP contribution in [0.15, 0.2) is 42.6 Å². The second-order valence-corrected chi connectivity index (χ2v) is 6.65. The van der Waals surface area contributed by atoms with Crippen LogP contribution in [0.4, 0.5) is 24.7 Å². The van der Waals surface area contributed by atoms with Crippen LogP contribution in [0, 0.1) is 0 Å². The summed E-state index contributed by atoms with van der Waals surface area (Å²) in [5.41, 5.74) is 0.135. The lowest BCUT2D eigenvalue weighted by Gasteiger charge is -2.36. The molecule has 0 unspecified atom stereocenters. The molecule has 1 N–H and O–H groups in total. The molecule has 1 aliphatic rings. The van der Waals surface area contributed by atoms with Crippen LogP contribution in [0.2, 0.25) is 0 Å². The number of thiocarbonyl (C=S) groups is 1. The summed E-state index contributed by atoms with van der Waals surface area (Å²) in [6.45, 7) is 5.12. The number of halogens is 3. The highest BCUT2D eigenvalue weighted by Crippen LogP contribution is 2.29. The van der Waals surface area contributed by atoms with Crippen molar-refractivity contribution in [2.45, 2.75) is 13.1 Å². The summed E-state index contributed by atoms with van der Waals surface area (Å²) in [4.78, 5) is 7.95. The van der Waals surface area contributed by atoms with Gasteiger partial charge in [-0.25, -0.2) is 4.98 Å². The summed E-state index contributed by atoms with van der Waals surface area (Å²) in [7, 11) is 0. The van der Waals surface area contributed by atoms with E-state index in [1.165, 1.54) is 6.07 Å². The number of nitrogens with one attached hydrogen (secondary N) is 1. The molecule has 1 aromatic carbocycles. The monoisotopic (exact) mass is 410 g/mol. The lowest BCUT2D eigenvalue weighted by molar-refractivity contribution is -0.137. The normalized spacial score (nSPS) is 14.7. The first-order valence-corrected chi connectivity index (χ1v) is 9.34. The minimum absolute atomic E-state index is 0.540. The molecular formula is C19H21F3N4OS. The van der Waals surface area contributed by atoms with Gasteiger partial charge in [0.25, 0.3) is 0 Å². The van der Waals surface area contributed by atoms with Crippen molar-refractivity contribution >= 4 is 28.8 Å². The van der Waals surface area contributed by atoms with Gasteiger partial charge in [0.15, 0.2) is 5.11 Å². The van der Waals surface area contributed by atoms with Crippen molar-refractivity contribution in [3.05, 3.63) is 48.2 Å². The fraction of sp³-hybridized carbons (Fsp3) is 0.368. The summed E-state index contributed by atoms with van der Waals surface area (Å²) in [5, 5.41) is 3.82. The van der Waals surface area contributed by atoms with E-state index in [-0.39, 0.29) is 0 Å². The van der Waals surface area contributed by atoms with Crippen LogP contribution >= 0.6 is 12.2 Å². The molecule has 2 aromatic rings. The van der Waals surface area contributed by atoms with Gasteiger partial charge in [0, 0.05) is 38.1 Å². The van der Waals surface area contributed by atoms with Crippen molar-refractivity contribution < 1.29 is 17.9 Å². The Hall–Kier alpha value is -2.55. The van der Waals surface area contributed by atoms with E-state index >= 15 is 0 Å². The van der Waals surface area contributed by atoms with Gasteiger partial charge in [-0.2, -0.15) is 13.2 Å². The van der Waals surface area contributed by atoms with Gasteiger partial charge in [-0.1, -0.05) is 0 Å². The first-order valence-electron chi connectivity index (χ1n) is 8.94. The van der Waals surface area contributed by atoms with Gasteiger partial charge < -0.3 is 19.9 Å². The molecule has 5 nitrogen and oxygen atoms in total. The first kappa shape index (κ1) is 20.2. The SMILES string of the molecule is CCOc1ccc(NC(=S)N2CCN(c3ccc(C(F)(F)F)cn3)CC2)cc1. The Morgan fingerprint density at radius 2 is 1.79 bits per heavy atom. The topological polar surface area (TPSA) is 40.6 Å². The van der Waals surface area contributed by atoms with Gasteiger partial charge in [-0.05, 0) is 55.5 Å². The molecule has 3 rings (SSSR count). The van der Waals surface area contributed by atoms with E-state index in [1.807, 2.05) is 41.0 Å². The average molecular weight is 410 g/mol. The van der Waals surface area contributed by atoms with Gasteiger partial charge in [-0.15, -0.1) is 0 Å². The highest BCUT2D eigenvalue weighted by atomic mass is 32.1. The standard InChI is InChI=1S/C19H21F3N4OS/c1-2-27-16-6-4-15(5-7-16)24-18(28)26-11-9-25(10-12-26)17-8-3-14(13-23-17)19(20,21)22/h3-8,13H,2,9-12H2,1H3,(H,24,28). The minimum Gasteiger partial charge on any atom is -0.494 e. The maximum Gasteiger partial charge on any atom is 0.417 e. The molecule has 0 aliphatic carbocycles. The third kappa shape index (κ3) is 5.03. The number of rotatable bonds is 4. The quantitative estimate of drug-likeness (QED) is 0.768. The molecule has 150 valence electrons. The average Bonchev–Trinajstić information content (AvgIpc) is 2.69. The minimum atomic E-state index is -4.37. The molecule has 1 fully saturated rings. The van der Waals surface area contributed by atoms with Crippen LogP contribution in [0.3, 0.4) is 0 Å².